The fraction of sp³-hybridized carbons (Fsp3) is 0.219. The van der Waals surface area contributed by atoms with E-state index >= 15 is 0 Å². The van der Waals surface area contributed by atoms with Crippen LogP contribution in [-0.4, -0.2) is 20.6 Å². The molecule has 38 heavy (non-hydrogen) atoms. The maximum absolute atomic E-state index is 13.4. The monoisotopic (exact) mass is 526 g/mol. The SMILES string of the molecule is Cc1ccc(C(NC(=O)c2ccc(CN(c3c(C)cccc3C)S(C)(=O)=O)cc2)c2ccccc2)c(C)c1. The zero-order valence-corrected chi connectivity index (χ0v) is 23.3. The summed E-state index contributed by atoms with van der Waals surface area (Å²) in [5.74, 6) is -0.194. The average Bonchev–Trinajstić information content (AvgIpc) is 2.87. The van der Waals surface area contributed by atoms with E-state index in [0.717, 1.165) is 33.4 Å². The minimum Gasteiger partial charge on any atom is -0.341 e. The van der Waals surface area contributed by atoms with Crippen LogP contribution in [0.5, 0.6) is 0 Å². The highest BCUT2D eigenvalue weighted by Gasteiger charge is 2.22. The van der Waals surface area contributed by atoms with Crippen LogP contribution in [0, 0.1) is 27.7 Å². The number of hydrogen-bond acceptors (Lipinski definition) is 3. The van der Waals surface area contributed by atoms with Gasteiger partial charge in [0.2, 0.25) is 10.0 Å². The van der Waals surface area contributed by atoms with Crippen molar-refractivity contribution < 1.29 is 13.2 Å². The molecular formula is C32H34N2O3S. The lowest BCUT2D eigenvalue weighted by Gasteiger charge is -2.26. The van der Waals surface area contributed by atoms with E-state index in [1.165, 1.54) is 16.1 Å². The number of carbonyl (C=O) groups is 1. The number of nitrogens with zero attached hydrogens (tertiary/aromatic N) is 1. The van der Waals surface area contributed by atoms with Crippen LogP contribution in [0.15, 0.2) is 91.0 Å². The van der Waals surface area contributed by atoms with Gasteiger partial charge in [-0.2, -0.15) is 0 Å². The first kappa shape index (κ1) is 27.1. The van der Waals surface area contributed by atoms with Crippen LogP contribution in [0.25, 0.3) is 0 Å². The van der Waals surface area contributed by atoms with E-state index in [1.807, 2.05) is 74.5 Å². The van der Waals surface area contributed by atoms with E-state index in [0.29, 0.717) is 11.3 Å². The van der Waals surface area contributed by atoms with Crippen LogP contribution in [0.3, 0.4) is 0 Å². The van der Waals surface area contributed by atoms with Crippen LogP contribution in [0.2, 0.25) is 0 Å². The van der Waals surface area contributed by atoms with Crippen molar-refractivity contribution in [3.63, 3.8) is 0 Å². The minimum absolute atomic E-state index is 0.182. The Balaban J connectivity index is 1.59. The Morgan fingerprint density at radius 2 is 1.42 bits per heavy atom. The average molecular weight is 527 g/mol. The summed E-state index contributed by atoms with van der Waals surface area (Å²) in [7, 11) is -3.52. The smallest absolute Gasteiger partial charge is 0.252 e. The van der Waals surface area contributed by atoms with Crippen molar-refractivity contribution in [2.24, 2.45) is 0 Å². The zero-order chi connectivity index (χ0) is 27.4. The zero-order valence-electron chi connectivity index (χ0n) is 22.5. The largest absolute Gasteiger partial charge is 0.341 e. The summed E-state index contributed by atoms with van der Waals surface area (Å²) < 4.78 is 26.9. The Kier molecular flexibility index (Phi) is 8.02. The van der Waals surface area contributed by atoms with Gasteiger partial charge in [-0.25, -0.2) is 8.42 Å². The third kappa shape index (κ3) is 6.14. The first-order valence-corrected chi connectivity index (χ1v) is 14.5. The topological polar surface area (TPSA) is 66.5 Å². The number of sulfonamides is 1. The maximum atomic E-state index is 13.4. The number of nitrogens with one attached hydrogen (secondary N) is 1. The van der Waals surface area contributed by atoms with E-state index < -0.39 is 10.0 Å². The number of benzene rings is 4. The van der Waals surface area contributed by atoms with E-state index in [2.05, 4.69) is 37.4 Å². The molecule has 5 nitrogen and oxygen atoms in total. The minimum atomic E-state index is -3.52. The van der Waals surface area contributed by atoms with E-state index in [4.69, 9.17) is 0 Å². The van der Waals surface area contributed by atoms with Crippen LogP contribution in [-0.2, 0) is 16.6 Å². The molecule has 0 bridgehead atoms. The molecule has 0 fully saturated rings. The number of amides is 1. The molecular weight excluding hydrogens is 492 g/mol. The molecule has 4 rings (SSSR count). The predicted octanol–water partition coefficient (Wildman–Crippen LogP) is 6.41. The van der Waals surface area contributed by atoms with Gasteiger partial charge >= 0.3 is 0 Å². The molecule has 0 heterocycles. The lowest BCUT2D eigenvalue weighted by atomic mass is 9.93. The molecule has 6 heteroatoms. The van der Waals surface area contributed by atoms with Crippen molar-refractivity contribution in [3.05, 3.63) is 136 Å². The van der Waals surface area contributed by atoms with Crippen molar-refractivity contribution in [1.82, 2.24) is 5.32 Å². The molecule has 4 aromatic carbocycles. The summed E-state index contributed by atoms with van der Waals surface area (Å²) >= 11 is 0. The highest BCUT2D eigenvalue weighted by atomic mass is 32.2. The number of anilines is 1. The summed E-state index contributed by atoms with van der Waals surface area (Å²) in [6, 6.07) is 28.7. The first-order chi connectivity index (χ1) is 18.0. The van der Waals surface area contributed by atoms with Gasteiger partial charge in [0.1, 0.15) is 0 Å². The molecule has 196 valence electrons. The van der Waals surface area contributed by atoms with Crippen LogP contribution in [0.4, 0.5) is 5.69 Å². The molecule has 4 aromatic rings. The van der Waals surface area contributed by atoms with Crippen molar-refractivity contribution in [3.8, 4) is 0 Å². The van der Waals surface area contributed by atoms with Crippen molar-refractivity contribution >= 4 is 21.6 Å². The van der Waals surface area contributed by atoms with Crippen LogP contribution < -0.4 is 9.62 Å². The Labute approximate surface area is 226 Å². The van der Waals surface area contributed by atoms with Crippen molar-refractivity contribution in [2.75, 3.05) is 10.6 Å². The number of carbonyl (C=O) groups excluding carboxylic acids is 1. The second kappa shape index (κ2) is 11.2. The van der Waals surface area contributed by atoms with Gasteiger partial charge in [-0.1, -0.05) is 84.4 Å². The van der Waals surface area contributed by atoms with Gasteiger partial charge in [0.05, 0.1) is 24.5 Å². The van der Waals surface area contributed by atoms with Gasteiger partial charge in [0, 0.05) is 5.56 Å². The Bertz CT molecular complexity index is 1530. The summed E-state index contributed by atoms with van der Waals surface area (Å²) in [5.41, 5.74) is 8.11. The van der Waals surface area contributed by atoms with Gasteiger partial charge in [-0.3, -0.25) is 9.10 Å². The van der Waals surface area contributed by atoms with Gasteiger partial charge in [-0.05, 0) is 73.2 Å². The van der Waals surface area contributed by atoms with Gasteiger partial charge in [0.15, 0.2) is 0 Å². The van der Waals surface area contributed by atoms with E-state index in [-0.39, 0.29) is 18.5 Å². The fourth-order valence-corrected chi connectivity index (χ4v) is 5.84. The van der Waals surface area contributed by atoms with Gasteiger partial charge < -0.3 is 5.32 Å². The molecule has 0 spiro atoms. The molecule has 0 aliphatic rings. The molecule has 0 aliphatic carbocycles. The summed E-state index contributed by atoms with van der Waals surface area (Å²) in [5, 5.41) is 3.21. The highest BCUT2D eigenvalue weighted by molar-refractivity contribution is 7.92. The van der Waals surface area contributed by atoms with Gasteiger partial charge in [0.25, 0.3) is 5.91 Å². The van der Waals surface area contributed by atoms with Crippen LogP contribution in [0.1, 0.15) is 55.3 Å². The first-order valence-electron chi connectivity index (χ1n) is 12.6. The van der Waals surface area contributed by atoms with Crippen LogP contribution >= 0.6 is 0 Å². The maximum Gasteiger partial charge on any atom is 0.252 e. The molecule has 0 saturated carbocycles. The summed E-state index contributed by atoms with van der Waals surface area (Å²) in [6.07, 6.45) is 1.22. The second-order valence-electron chi connectivity index (χ2n) is 9.88. The number of rotatable bonds is 8. The molecule has 0 radical (unpaired) electrons. The van der Waals surface area contributed by atoms with Gasteiger partial charge in [-0.15, -0.1) is 0 Å². The molecule has 0 aliphatic heterocycles. The van der Waals surface area contributed by atoms with E-state index in [1.54, 1.807) is 12.1 Å². The molecule has 0 saturated heterocycles. The number of hydrogen-bond donors (Lipinski definition) is 1. The number of para-hydroxylation sites is 1. The Morgan fingerprint density at radius 3 is 2.00 bits per heavy atom. The summed E-state index contributed by atoms with van der Waals surface area (Å²) in [4.78, 5) is 13.4. The van der Waals surface area contributed by atoms with Crippen molar-refractivity contribution in [2.45, 2.75) is 40.3 Å². The Morgan fingerprint density at radius 1 is 0.789 bits per heavy atom. The van der Waals surface area contributed by atoms with E-state index in [9.17, 15) is 13.2 Å². The van der Waals surface area contributed by atoms with Crippen molar-refractivity contribution in [1.29, 1.82) is 0 Å². The normalized spacial score (nSPS) is 12.1. The third-order valence-corrected chi connectivity index (χ3v) is 7.89. The molecule has 1 N–H and O–H groups in total. The Hall–Kier alpha value is -3.90. The third-order valence-electron chi connectivity index (χ3n) is 6.78. The molecule has 1 unspecified atom stereocenters. The molecule has 1 amide bonds. The highest BCUT2D eigenvalue weighted by Crippen LogP contribution is 2.29. The lowest BCUT2D eigenvalue weighted by Crippen LogP contribution is -2.31. The second-order valence-corrected chi connectivity index (χ2v) is 11.8. The number of aryl methyl sites for hydroxylation is 4. The molecule has 1 atom stereocenters. The standard InChI is InChI=1S/C32H34N2O3S/c1-22-14-19-29(25(4)20-22)30(27-12-7-6-8-13-27)33-32(35)28-17-15-26(16-18-28)21-34(38(5,36)37)31-23(2)10-9-11-24(31)3/h6-20,30H,21H2,1-5H3,(H,33,35). The predicted molar refractivity (Wildman–Crippen MR) is 155 cm³/mol. The quantitative estimate of drug-likeness (QED) is 0.289. The summed E-state index contributed by atoms with van der Waals surface area (Å²) in [6.45, 7) is 8.12. The molecule has 0 aromatic heterocycles. The lowest BCUT2D eigenvalue weighted by molar-refractivity contribution is 0.0943. The fourth-order valence-electron chi connectivity index (χ4n) is 4.84.